The maximum Gasteiger partial charge on any atom is 0.305 e. The third kappa shape index (κ3) is 69.0. The second kappa shape index (κ2) is 68.0. The van der Waals surface area contributed by atoms with Crippen LogP contribution in [0.4, 0.5) is 0 Å². The van der Waals surface area contributed by atoms with Gasteiger partial charge in [0.1, 0.15) is 0 Å². The lowest BCUT2D eigenvalue weighted by Gasteiger charge is -2.05. The molecular weight excluding hydrogens is 905 g/mol. The van der Waals surface area contributed by atoms with Crippen molar-refractivity contribution in [1.82, 2.24) is 0 Å². The van der Waals surface area contributed by atoms with Crippen LogP contribution in [-0.2, 0) is 14.3 Å². The summed E-state index contributed by atoms with van der Waals surface area (Å²) >= 11 is 0. The van der Waals surface area contributed by atoms with E-state index in [1.165, 1.54) is 385 Å². The number of ether oxygens (including phenoxy) is 1. The summed E-state index contributed by atoms with van der Waals surface area (Å²) < 4.78 is 5.26. The van der Waals surface area contributed by atoms with Crippen LogP contribution in [0.3, 0.4) is 0 Å². The minimum atomic E-state index is -0.799. The van der Waals surface area contributed by atoms with Gasteiger partial charge in [-0.1, -0.05) is 399 Å². The van der Waals surface area contributed by atoms with Crippen molar-refractivity contribution in [3.8, 4) is 0 Å². The number of carbonyl (C=O) groups excluding carboxylic acids is 1. The number of esters is 1. The minimum Gasteiger partial charge on any atom is -0.481 e. The van der Waals surface area contributed by atoms with E-state index < -0.39 is 5.97 Å². The average molecular weight is 1040 g/mol. The topological polar surface area (TPSA) is 63.6 Å². The first-order chi connectivity index (χ1) is 36.7. The molecule has 0 aromatic heterocycles. The van der Waals surface area contributed by atoms with Gasteiger partial charge in [0.05, 0.1) is 6.61 Å². The highest BCUT2D eigenvalue weighted by molar-refractivity contribution is 5.69. The van der Waals surface area contributed by atoms with E-state index in [2.05, 4.69) is 6.92 Å². The molecule has 0 saturated carbocycles. The summed E-state index contributed by atoms with van der Waals surface area (Å²) in [6.45, 7) is 2.82. The van der Waals surface area contributed by atoms with Gasteiger partial charge in [-0.05, 0) is 19.3 Å². The van der Waals surface area contributed by atoms with Gasteiger partial charge in [-0.25, -0.2) is 0 Å². The van der Waals surface area contributed by atoms with Crippen LogP contribution in [-0.4, -0.2) is 23.7 Å². The molecule has 0 aliphatic heterocycles. The van der Waals surface area contributed by atoms with E-state index in [-0.39, 0.29) is 12.4 Å². The molecule has 0 aliphatic rings. The molecule has 0 atom stereocenters. The van der Waals surface area contributed by atoms with Crippen LogP contribution in [0.15, 0.2) is 0 Å². The van der Waals surface area contributed by atoms with Crippen molar-refractivity contribution in [3.63, 3.8) is 0 Å². The van der Waals surface area contributed by atoms with Crippen molar-refractivity contribution in [2.24, 2.45) is 0 Å². The van der Waals surface area contributed by atoms with Crippen molar-refractivity contribution < 1.29 is 19.4 Å². The van der Waals surface area contributed by atoms with E-state index in [0.717, 1.165) is 12.8 Å². The Morgan fingerprint density at radius 3 is 0.527 bits per heavy atom. The lowest BCUT2D eigenvalue weighted by atomic mass is 10.0. The Bertz CT molecular complexity index is 1030. The first-order valence-electron chi connectivity index (χ1n) is 35.0. The molecule has 0 bridgehead atoms. The minimum absolute atomic E-state index is 0.132. The van der Waals surface area contributed by atoms with Gasteiger partial charge in [-0.2, -0.15) is 0 Å². The van der Waals surface area contributed by atoms with E-state index in [9.17, 15) is 9.59 Å². The van der Waals surface area contributed by atoms with Crippen LogP contribution in [0, 0.1) is 0 Å². The maximum absolute atomic E-state index is 11.7. The predicted octanol–water partition coefficient (Wildman–Crippen LogP) is 25.4. The fourth-order valence-corrected chi connectivity index (χ4v) is 11.6. The van der Waals surface area contributed by atoms with E-state index in [0.29, 0.717) is 25.9 Å². The summed E-state index contributed by atoms with van der Waals surface area (Å²) in [6.07, 6.45) is 91.4. The number of aliphatic carboxylic acids is 1. The van der Waals surface area contributed by atoms with Gasteiger partial charge in [-0.3, -0.25) is 9.59 Å². The van der Waals surface area contributed by atoms with Crippen molar-refractivity contribution in [2.45, 2.75) is 431 Å². The molecule has 1 N–H and O–H groups in total. The average Bonchev–Trinajstić information content (AvgIpc) is 3.40. The van der Waals surface area contributed by atoms with Gasteiger partial charge in [0.25, 0.3) is 0 Å². The van der Waals surface area contributed by atoms with Gasteiger partial charge in [0.2, 0.25) is 0 Å². The largest absolute Gasteiger partial charge is 0.481 e. The van der Waals surface area contributed by atoms with Gasteiger partial charge in [-0.15, -0.1) is 0 Å². The van der Waals surface area contributed by atoms with E-state index in [1.54, 1.807) is 0 Å². The van der Waals surface area contributed by atoms with Gasteiger partial charge >= 0.3 is 11.9 Å². The molecule has 4 nitrogen and oxygen atoms in total. The van der Waals surface area contributed by atoms with Gasteiger partial charge < -0.3 is 9.84 Å². The lowest BCUT2D eigenvalue weighted by molar-refractivity contribution is -0.144. The molecule has 0 saturated heterocycles. The molecular formula is C70H138O4. The van der Waals surface area contributed by atoms with Crippen LogP contribution < -0.4 is 0 Å². The number of carbonyl (C=O) groups is 2. The van der Waals surface area contributed by atoms with Crippen LogP contribution in [0.1, 0.15) is 431 Å². The van der Waals surface area contributed by atoms with E-state index in [4.69, 9.17) is 9.84 Å². The highest BCUT2D eigenvalue weighted by Gasteiger charge is 2.05. The first-order valence-corrected chi connectivity index (χ1v) is 35.0. The fourth-order valence-electron chi connectivity index (χ4n) is 11.6. The normalized spacial score (nSPS) is 11.6. The van der Waals surface area contributed by atoms with Crippen LogP contribution >= 0.6 is 0 Å². The molecule has 4 heteroatoms. The zero-order valence-corrected chi connectivity index (χ0v) is 51.0. The summed E-state index contributed by atoms with van der Waals surface area (Å²) in [6, 6.07) is 0. The van der Waals surface area contributed by atoms with E-state index >= 15 is 0 Å². The molecule has 0 radical (unpaired) electrons. The first kappa shape index (κ1) is 72.9. The third-order valence-electron chi connectivity index (χ3n) is 16.8. The smallest absolute Gasteiger partial charge is 0.305 e. The molecule has 0 fully saturated rings. The fraction of sp³-hybridized carbons (Fsp3) is 0.971. The number of carboxylic acids is 1. The number of carboxylic acid groups (broad SMARTS) is 1. The second-order valence-electron chi connectivity index (χ2n) is 24.4. The van der Waals surface area contributed by atoms with Crippen LogP contribution in [0.5, 0.6) is 0 Å². The Labute approximate surface area is 466 Å². The van der Waals surface area contributed by atoms with E-state index in [1.807, 2.05) is 0 Å². The van der Waals surface area contributed by atoms with Crippen molar-refractivity contribution >= 4 is 11.9 Å². The molecule has 442 valence electrons. The molecule has 0 unspecified atom stereocenters. The molecule has 0 spiro atoms. The summed E-state index contributed by atoms with van der Waals surface area (Å²) in [7, 11) is 0. The Kier molecular flexibility index (Phi) is 67.1. The molecule has 0 aromatic carbocycles. The molecule has 74 heavy (non-hydrogen) atoms. The van der Waals surface area contributed by atoms with Crippen molar-refractivity contribution in [2.75, 3.05) is 6.61 Å². The number of rotatable bonds is 68. The van der Waals surface area contributed by atoms with Crippen LogP contribution in [0.25, 0.3) is 0 Å². The zero-order chi connectivity index (χ0) is 53.2. The lowest BCUT2D eigenvalue weighted by Crippen LogP contribution is -2.06. The summed E-state index contributed by atoms with van der Waals surface area (Å²) in [4.78, 5) is 22.2. The highest BCUT2D eigenvalue weighted by Crippen LogP contribution is 2.20. The monoisotopic (exact) mass is 1040 g/mol. The Morgan fingerprint density at radius 1 is 0.216 bits per heavy atom. The highest BCUT2D eigenvalue weighted by atomic mass is 16.5. The SMILES string of the molecule is CCCCCCCCCCCCCCCCCCCCCCCCCCCCCCCCCCCCCCCCCCCCCCCCCCCCCCCCCCCCCCCCOC(=O)CCCCC(=O)O. The van der Waals surface area contributed by atoms with Gasteiger partial charge in [0, 0.05) is 12.8 Å². The summed E-state index contributed by atoms with van der Waals surface area (Å²) in [5.41, 5.74) is 0. The predicted molar refractivity (Wildman–Crippen MR) is 329 cm³/mol. The quantitative estimate of drug-likeness (QED) is 0.0487. The molecule has 0 amide bonds. The number of hydrogen-bond acceptors (Lipinski definition) is 3. The number of unbranched alkanes of at least 4 members (excludes halogenated alkanes) is 62. The second-order valence-corrected chi connectivity index (χ2v) is 24.4. The van der Waals surface area contributed by atoms with Crippen molar-refractivity contribution in [1.29, 1.82) is 0 Å². The molecule has 0 aliphatic carbocycles. The van der Waals surface area contributed by atoms with Crippen molar-refractivity contribution in [3.05, 3.63) is 0 Å². The molecule has 0 heterocycles. The molecule has 0 rings (SSSR count). The van der Waals surface area contributed by atoms with Crippen LogP contribution in [0.2, 0.25) is 0 Å². The molecule has 0 aromatic rings. The number of hydrogen-bond donors (Lipinski definition) is 1. The Balaban J connectivity index is 3.10. The van der Waals surface area contributed by atoms with Gasteiger partial charge in [0.15, 0.2) is 0 Å². The maximum atomic E-state index is 11.7. The summed E-state index contributed by atoms with van der Waals surface area (Å²) in [5.74, 6) is -0.981. The third-order valence-corrected chi connectivity index (χ3v) is 16.8. The summed E-state index contributed by atoms with van der Waals surface area (Å²) in [5, 5.41) is 8.64. The Hall–Kier alpha value is -1.06. The standard InChI is InChI=1S/C70H138O4/c1-2-3-4-5-6-7-8-9-10-11-12-13-14-15-16-17-18-19-20-21-22-23-24-25-26-27-28-29-30-31-32-33-34-35-36-37-38-39-40-41-42-43-44-45-46-47-48-49-50-51-52-53-54-55-56-57-58-59-60-61-62-65-68-74-70(73)67-64-63-66-69(71)72/h2-68H2,1H3,(H,71,72). The Morgan fingerprint density at radius 2 is 0.365 bits per heavy atom. The zero-order valence-electron chi connectivity index (χ0n) is 51.0.